The molecule has 2 aromatic carbocycles. The average Bonchev–Trinajstić information content (AvgIpc) is 2.71. The third kappa shape index (κ3) is 4.83. The van der Waals surface area contributed by atoms with Crippen molar-refractivity contribution in [2.45, 2.75) is 30.6 Å². The summed E-state index contributed by atoms with van der Waals surface area (Å²) in [5.41, 5.74) is 4.84. The smallest absolute Gasteiger partial charge is 0.221 e. The summed E-state index contributed by atoms with van der Waals surface area (Å²) in [5.74, 6) is -0.629. The number of anilines is 3. The number of carbonyl (C=O) groups is 1. The second kappa shape index (κ2) is 8.73. The molecule has 0 aliphatic carbocycles. The first-order chi connectivity index (χ1) is 14.9. The molecule has 0 spiro atoms. The number of pyridine rings is 2. The van der Waals surface area contributed by atoms with Gasteiger partial charge in [-0.2, -0.15) is 0 Å². The van der Waals surface area contributed by atoms with Crippen molar-refractivity contribution < 1.29 is 9.18 Å². The number of aromatic nitrogens is 2. The number of hydrogen-bond donors (Lipinski definition) is 2. The zero-order chi connectivity index (χ0) is 22.0. The van der Waals surface area contributed by atoms with Crippen LogP contribution in [-0.2, 0) is 4.79 Å². The van der Waals surface area contributed by atoms with E-state index in [1.165, 1.54) is 24.8 Å². The second-order valence-electron chi connectivity index (χ2n) is 7.24. The van der Waals surface area contributed by atoms with E-state index in [0.717, 1.165) is 32.9 Å². The summed E-state index contributed by atoms with van der Waals surface area (Å²) in [6.45, 7) is 5.34. The molecule has 0 unspecified atom stereocenters. The summed E-state index contributed by atoms with van der Waals surface area (Å²) in [4.78, 5) is 21.4. The number of fused-ring (bicyclic) bond motifs is 1. The fraction of sp³-hybridized carbons (Fsp3) is 0.125. The monoisotopic (exact) mass is 432 g/mol. The third-order valence-corrected chi connectivity index (χ3v) is 5.75. The Morgan fingerprint density at radius 1 is 0.968 bits per heavy atom. The number of nitrogens with one attached hydrogen (secondary N) is 2. The fourth-order valence-corrected chi connectivity index (χ4v) is 4.08. The summed E-state index contributed by atoms with van der Waals surface area (Å²) in [6.07, 6.45) is 1.72. The highest BCUT2D eigenvalue weighted by Gasteiger charge is 2.12. The van der Waals surface area contributed by atoms with Gasteiger partial charge in [0, 0.05) is 39.7 Å². The van der Waals surface area contributed by atoms with Crippen LogP contribution in [0.15, 0.2) is 70.6 Å². The molecule has 0 saturated heterocycles. The van der Waals surface area contributed by atoms with Gasteiger partial charge in [-0.25, -0.2) is 14.4 Å². The molecule has 0 aliphatic rings. The van der Waals surface area contributed by atoms with Crippen molar-refractivity contribution in [2.75, 3.05) is 10.6 Å². The van der Waals surface area contributed by atoms with Gasteiger partial charge < -0.3 is 10.6 Å². The molecule has 0 atom stereocenters. The van der Waals surface area contributed by atoms with E-state index in [4.69, 9.17) is 0 Å². The van der Waals surface area contributed by atoms with E-state index in [-0.39, 0.29) is 5.91 Å². The quantitative estimate of drug-likeness (QED) is 0.391. The number of rotatable bonds is 5. The lowest BCUT2D eigenvalue weighted by molar-refractivity contribution is -0.114. The van der Waals surface area contributed by atoms with Gasteiger partial charge in [0.05, 0.1) is 11.4 Å². The maximum absolute atomic E-state index is 14.7. The summed E-state index contributed by atoms with van der Waals surface area (Å²) < 4.78 is 14.7. The number of aryl methyl sites for hydroxylation is 2. The molecule has 2 aromatic heterocycles. The molecule has 0 bridgehead atoms. The molecule has 0 aliphatic heterocycles. The minimum absolute atomic E-state index is 0.237. The van der Waals surface area contributed by atoms with Gasteiger partial charge in [0.2, 0.25) is 5.91 Å². The van der Waals surface area contributed by atoms with Crippen molar-refractivity contribution >= 4 is 45.8 Å². The highest BCUT2D eigenvalue weighted by atomic mass is 32.2. The molecule has 31 heavy (non-hydrogen) atoms. The Bertz CT molecular complexity index is 1290. The van der Waals surface area contributed by atoms with Crippen LogP contribution in [0.25, 0.3) is 11.0 Å². The van der Waals surface area contributed by atoms with Gasteiger partial charge >= 0.3 is 0 Å². The molecule has 156 valence electrons. The first-order valence-corrected chi connectivity index (χ1v) is 10.6. The van der Waals surface area contributed by atoms with Crippen molar-refractivity contribution in [2.24, 2.45) is 0 Å². The Kier molecular flexibility index (Phi) is 5.86. The van der Waals surface area contributed by atoms with E-state index in [1.54, 1.807) is 18.3 Å². The standard InChI is InChI=1S/C24H21FN4OS/c1-14-4-8-23(31-22-9-6-17(13-19(22)25)28-16(3)30)21(12-14)29-20-10-11-26-24-18(20)7-5-15(2)27-24/h4-13H,1-3H3,(H,28,30)(H,26,27,29). The van der Waals surface area contributed by atoms with Crippen LogP contribution in [0.2, 0.25) is 0 Å². The number of nitrogens with zero attached hydrogens (tertiary/aromatic N) is 2. The molecule has 7 heteroatoms. The molecule has 2 heterocycles. The molecule has 0 fully saturated rings. The van der Waals surface area contributed by atoms with Crippen LogP contribution in [-0.4, -0.2) is 15.9 Å². The molecule has 5 nitrogen and oxygen atoms in total. The van der Waals surface area contributed by atoms with E-state index in [1.807, 2.05) is 50.2 Å². The molecule has 2 N–H and O–H groups in total. The zero-order valence-electron chi connectivity index (χ0n) is 17.4. The Balaban J connectivity index is 1.67. The maximum atomic E-state index is 14.7. The largest absolute Gasteiger partial charge is 0.354 e. The van der Waals surface area contributed by atoms with E-state index in [0.29, 0.717) is 16.2 Å². The lowest BCUT2D eigenvalue weighted by Crippen LogP contribution is -2.05. The maximum Gasteiger partial charge on any atom is 0.221 e. The van der Waals surface area contributed by atoms with Gasteiger partial charge in [0.15, 0.2) is 5.65 Å². The van der Waals surface area contributed by atoms with Gasteiger partial charge in [0.1, 0.15) is 5.82 Å². The Morgan fingerprint density at radius 2 is 1.77 bits per heavy atom. The van der Waals surface area contributed by atoms with E-state index in [2.05, 4.69) is 20.6 Å². The lowest BCUT2D eigenvalue weighted by atomic mass is 10.2. The summed E-state index contributed by atoms with van der Waals surface area (Å²) in [7, 11) is 0. The highest BCUT2D eigenvalue weighted by Crippen LogP contribution is 2.38. The van der Waals surface area contributed by atoms with Crippen molar-refractivity contribution in [1.82, 2.24) is 9.97 Å². The van der Waals surface area contributed by atoms with Crippen LogP contribution in [0.4, 0.5) is 21.5 Å². The Hall–Kier alpha value is -3.45. The number of amides is 1. The molecule has 0 radical (unpaired) electrons. The van der Waals surface area contributed by atoms with Gasteiger partial charge in [-0.3, -0.25) is 4.79 Å². The number of halogens is 1. The van der Waals surface area contributed by atoms with E-state index < -0.39 is 5.82 Å². The van der Waals surface area contributed by atoms with Gasteiger partial charge in [0.25, 0.3) is 0 Å². The lowest BCUT2D eigenvalue weighted by Gasteiger charge is -2.15. The van der Waals surface area contributed by atoms with Crippen molar-refractivity contribution in [3.05, 3.63) is 77.9 Å². The van der Waals surface area contributed by atoms with Crippen molar-refractivity contribution in [3.8, 4) is 0 Å². The van der Waals surface area contributed by atoms with Gasteiger partial charge in [-0.15, -0.1) is 0 Å². The first-order valence-electron chi connectivity index (χ1n) is 9.74. The minimum Gasteiger partial charge on any atom is -0.354 e. The number of hydrogen-bond acceptors (Lipinski definition) is 5. The van der Waals surface area contributed by atoms with Crippen LogP contribution in [0, 0.1) is 19.7 Å². The second-order valence-corrected chi connectivity index (χ2v) is 8.32. The molecule has 1 amide bonds. The predicted octanol–water partition coefficient (Wildman–Crippen LogP) is 6.24. The zero-order valence-corrected chi connectivity index (χ0v) is 18.2. The molecular weight excluding hydrogens is 411 g/mol. The first kappa shape index (κ1) is 20.8. The molecule has 0 saturated carbocycles. The third-order valence-electron chi connectivity index (χ3n) is 4.62. The Morgan fingerprint density at radius 3 is 2.55 bits per heavy atom. The number of carbonyl (C=O) groups excluding carboxylic acids is 1. The topological polar surface area (TPSA) is 66.9 Å². The van der Waals surface area contributed by atoms with Crippen LogP contribution in [0.1, 0.15) is 18.2 Å². The Labute approximate surface area is 184 Å². The number of benzene rings is 2. The summed E-state index contributed by atoms with van der Waals surface area (Å²) in [6, 6.07) is 16.5. The average molecular weight is 433 g/mol. The molecular formula is C24H21FN4OS. The molecule has 4 aromatic rings. The highest BCUT2D eigenvalue weighted by molar-refractivity contribution is 7.99. The van der Waals surface area contributed by atoms with Crippen LogP contribution in [0.3, 0.4) is 0 Å². The van der Waals surface area contributed by atoms with Crippen LogP contribution < -0.4 is 10.6 Å². The normalized spacial score (nSPS) is 10.8. The van der Waals surface area contributed by atoms with E-state index in [9.17, 15) is 9.18 Å². The summed E-state index contributed by atoms with van der Waals surface area (Å²) in [5, 5.41) is 6.98. The minimum atomic E-state index is -0.392. The predicted molar refractivity (Wildman–Crippen MR) is 124 cm³/mol. The van der Waals surface area contributed by atoms with Crippen molar-refractivity contribution in [3.63, 3.8) is 0 Å². The van der Waals surface area contributed by atoms with Crippen LogP contribution >= 0.6 is 11.8 Å². The van der Waals surface area contributed by atoms with Gasteiger partial charge in [-0.05, 0) is 67.9 Å². The van der Waals surface area contributed by atoms with Gasteiger partial charge in [-0.1, -0.05) is 17.8 Å². The van der Waals surface area contributed by atoms with E-state index >= 15 is 0 Å². The summed E-state index contributed by atoms with van der Waals surface area (Å²) >= 11 is 1.32. The van der Waals surface area contributed by atoms with Crippen LogP contribution in [0.5, 0.6) is 0 Å². The SMILES string of the molecule is CC(=O)Nc1ccc(Sc2ccc(C)cc2Nc2ccnc3nc(C)ccc23)c(F)c1. The van der Waals surface area contributed by atoms with Crippen molar-refractivity contribution in [1.29, 1.82) is 0 Å². The molecule has 4 rings (SSSR count). The fourth-order valence-electron chi connectivity index (χ4n) is 3.19.